The Morgan fingerprint density at radius 3 is 2.57 bits per heavy atom. The van der Waals surface area contributed by atoms with Gasteiger partial charge in [0.1, 0.15) is 0 Å². The number of aryl methyl sites for hydroxylation is 1. The molecular formula is C18H22N4O. The summed E-state index contributed by atoms with van der Waals surface area (Å²) in [6.45, 7) is 1.99. The quantitative estimate of drug-likeness (QED) is 0.902. The predicted molar refractivity (Wildman–Crippen MR) is 91.7 cm³/mol. The molecule has 0 radical (unpaired) electrons. The van der Waals surface area contributed by atoms with Gasteiger partial charge in [-0.1, -0.05) is 31.4 Å². The number of benzene rings is 1. The molecule has 1 aliphatic carbocycles. The van der Waals surface area contributed by atoms with Gasteiger partial charge in [-0.2, -0.15) is 0 Å². The Labute approximate surface area is 136 Å². The molecule has 5 heteroatoms. The van der Waals surface area contributed by atoms with Gasteiger partial charge in [0.05, 0.1) is 5.56 Å². The van der Waals surface area contributed by atoms with Crippen LogP contribution in [0.25, 0.3) is 0 Å². The summed E-state index contributed by atoms with van der Waals surface area (Å²) in [5.41, 5.74) is 2.34. The van der Waals surface area contributed by atoms with Crippen molar-refractivity contribution in [3.05, 3.63) is 47.8 Å². The van der Waals surface area contributed by atoms with Crippen molar-refractivity contribution in [3.63, 3.8) is 0 Å². The Bertz CT molecular complexity index is 663. The van der Waals surface area contributed by atoms with Gasteiger partial charge < -0.3 is 10.6 Å². The fraction of sp³-hybridized carbons (Fsp3) is 0.389. The van der Waals surface area contributed by atoms with Crippen molar-refractivity contribution >= 4 is 17.5 Å². The maximum Gasteiger partial charge on any atom is 0.258 e. The van der Waals surface area contributed by atoms with E-state index < -0.39 is 0 Å². The molecule has 23 heavy (non-hydrogen) atoms. The highest BCUT2D eigenvalue weighted by molar-refractivity contribution is 6.03. The van der Waals surface area contributed by atoms with E-state index in [-0.39, 0.29) is 5.91 Å². The molecule has 120 valence electrons. The minimum absolute atomic E-state index is 0.195. The van der Waals surface area contributed by atoms with E-state index in [0.717, 1.165) is 11.3 Å². The van der Waals surface area contributed by atoms with Crippen LogP contribution in [-0.4, -0.2) is 21.9 Å². The molecule has 1 saturated carbocycles. The van der Waals surface area contributed by atoms with Crippen LogP contribution in [0.3, 0.4) is 0 Å². The molecule has 0 aliphatic heterocycles. The van der Waals surface area contributed by atoms with Gasteiger partial charge in [-0.15, -0.1) is 0 Å². The first kappa shape index (κ1) is 15.5. The number of aromatic nitrogens is 2. The summed E-state index contributed by atoms with van der Waals surface area (Å²) in [6.07, 6.45) is 9.31. The summed E-state index contributed by atoms with van der Waals surface area (Å²) in [5, 5.41) is 6.21. The summed E-state index contributed by atoms with van der Waals surface area (Å²) in [4.78, 5) is 20.8. The van der Waals surface area contributed by atoms with E-state index in [2.05, 4.69) is 20.6 Å². The standard InChI is InChI=1S/C18H22N4O/c1-13-6-5-9-16(10-13)21-17(23)14-11-19-18(20-12-14)22-15-7-3-2-4-8-15/h5-6,9-12,15H,2-4,7-8H2,1H3,(H,21,23)(H,19,20,22). The molecule has 0 bridgehead atoms. The highest BCUT2D eigenvalue weighted by atomic mass is 16.1. The molecule has 1 aliphatic rings. The van der Waals surface area contributed by atoms with Gasteiger partial charge in [0.25, 0.3) is 5.91 Å². The maximum absolute atomic E-state index is 12.2. The Kier molecular flexibility index (Phi) is 4.86. The van der Waals surface area contributed by atoms with Crippen LogP contribution in [0.1, 0.15) is 48.0 Å². The van der Waals surface area contributed by atoms with Crippen LogP contribution in [0, 0.1) is 6.92 Å². The highest BCUT2D eigenvalue weighted by Gasteiger charge is 2.14. The van der Waals surface area contributed by atoms with E-state index in [4.69, 9.17) is 0 Å². The number of rotatable bonds is 4. The van der Waals surface area contributed by atoms with Crippen molar-refractivity contribution < 1.29 is 4.79 Å². The van der Waals surface area contributed by atoms with Gasteiger partial charge in [-0.25, -0.2) is 9.97 Å². The smallest absolute Gasteiger partial charge is 0.258 e. The average Bonchev–Trinajstić information content (AvgIpc) is 2.56. The third-order valence-corrected chi connectivity index (χ3v) is 4.13. The minimum Gasteiger partial charge on any atom is -0.351 e. The molecule has 1 aromatic carbocycles. The highest BCUT2D eigenvalue weighted by Crippen LogP contribution is 2.20. The zero-order chi connectivity index (χ0) is 16.1. The third kappa shape index (κ3) is 4.28. The van der Waals surface area contributed by atoms with Crippen LogP contribution in [0.15, 0.2) is 36.7 Å². The molecule has 1 heterocycles. The first-order valence-electron chi connectivity index (χ1n) is 8.17. The van der Waals surface area contributed by atoms with Crippen molar-refractivity contribution in [1.29, 1.82) is 0 Å². The zero-order valence-electron chi connectivity index (χ0n) is 13.4. The second kappa shape index (κ2) is 7.22. The van der Waals surface area contributed by atoms with E-state index in [1.165, 1.54) is 32.1 Å². The fourth-order valence-electron chi connectivity index (χ4n) is 2.88. The van der Waals surface area contributed by atoms with Crippen molar-refractivity contribution in [1.82, 2.24) is 9.97 Å². The lowest BCUT2D eigenvalue weighted by atomic mass is 9.96. The molecule has 5 nitrogen and oxygen atoms in total. The van der Waals surface area contributed by atoms with Crippen LogP contribution in [0.5, 0.6) is 0 Å². The van der Waals surface area contributed by atoms with Crippen LogP contribution in [-0.2, 0) is 0 Å². The summed E-state index contributed by atoms with van der Waals surface area (Å²) in [6, 6.07) is 8.15. The van der Waals surface area contributed by atoms with E-state index in [9.17, 15) is 4.79 Å². The molecule has 1 aromatic heterocycles. The van der Waals surface area contributed by atoms with Gasteiger partial charge in [0.15, 0.2) is 0 Å². The molecule has 1 fully saturated rings. The van der Waals surface area contributed by atoms with E-state index in [1.807, 2.05) is 31.2 Å². The Balaban J connectivity index is 1.60. The molecule has 0 atom stereocenters. The number of carbonyl (C=O) groups is 1. The number of hydrogen-bond donors (Lipinski definition) is 2. The number of nitrogens with one attached hydrogen (secondary N) is 2. The molecule has 2 aromatic rings. The van der Waals surface area contributed by atoms with Gasteiger partial charge in [-0.05, 0) is 37.5 Å². The number of nitrogens with zero attached hydrogens (tertiary/aromatic N) is 2. The largest absolute Gasteiger partial charge is 0.351 e. The van der Waals surface area contributed by atoms with Crippen LogP contribution in [0.4, 0.5) is 11.6 Å². The maximum atomic E-state index is 12.2. The van der Waals surface area contributed by atoms with E-state index >= 15 is 0 Å². The number of hydrogen-bond acceptors (Lipinski definition) is 4. The molecule has 3 rings (SSSR count). The summed E-state index contributed by atoms with van der Waals surface area (Å²) >= 11 is 0. The summed E-state index contributed by atoms with van der Waals surface area (Å²) in [7, 11) is 0. The summed E-state index contributed by atoms with van der Waals surface area (Å²) in [5.74, 6) is 0.406. The monoisotopic (exact) mass is 310 g/mol. The average molecular weight is 310 g/mol. The first-order chi connectivity index (χ1) is 11.2. The second-order valence-corrected chi connectivity index (χ2v) is 6.10. The van der Waals surface area contributed by atoms with Gasteiger partial charge >= 0.3 is 0 Å². The van der Waals surface area contributed by atoms with Gasteiger partial charge in [0.2, 0.25) is 5.95 Å². The molecule has 2 N–H and O–H groups in total. The van der Waals surface area contributed by atoms with Gasteiger partial charge in [-0.3, -0.25) is 4.79 Å². The Hall–Kier alpha value is -2.43. The van der Waals surface area contributed by atoms with Crippen molar-refractivity contribution in [2.75, 3.05) is 10.6 Å². The van der Waals surface area contributed by atoms with Gasteiger partial charge in [0, 0.05) is 24.1 Å². The first-order valence-corrected chi connectivity index (χ1v) is 8.17. The predicted octanol–water partition coefficient (Wildman–Crippen LogP) is 3.78. The molecule has 0 unspecified atom stereocenters. The lowest BCUT2D eigenvalue weighted by Crippen LogP contribution is -2.23. The Morgan fingerprint density at radius 1 is 1.13 bits per heavy atom. The van der Waals surface area contributed by atoms with Crippen LogP contribution in [0.2, 0.25) is 0 Å². The molecule has 0 spiro atoms. The fourth-order valence-corrected chi connectivity index (χ4v) is 2.88. The Morgan fingerprint density at radius 2 is 1.87 bits per heavy atom. The SMILES string of the molecule is Cc1cccc(NC(=O)c2cnc(NC3CCCCC3)nc2)c1. The molecule has 1 amide bonds. The number of amides is 1. The molecular weight excluding hydrogens is 288 g/mol. The molecule has 0 saturated heterocycles. The van der Waals surface area contributed by atoms with Crippen molar-refractivity contribution in [2.45, 2.75) is 45.1 Å². The van der Waals surface area contributed by atoms with E-state index in [0.29, 0.717) is 17.6 Å². The second-order valence-electron chi connectivity index (χ2n) is 6.10. The normalized spacial score (nSPS) is 15.2. The van der Waals surface area contributed by atoms with Crippen molar-refractivity contribution in [2.24, 2.45) is 0 Å². The number of carbonyl (C=O) groups excluding carboxylic acids is 1. The van der Waals surface area contributed by atoms with E-state index in [1.54, 1.807) is 12.4 Å². The van der Waals surface area contributed by atoms with Crippen molar-refractivity contribution in [3.8, 4) is 0 Å². The number of anilines is 2. The third-order valence-electron chi connectivity index (χ3n) is 4.13. The zero-order valence-corrected chi connectivity index (χ0v) is 13.4. The summed E-state index contributed by atoms with van der Waals surface area (Å²) < 4.78 is 0. The topological polar surface area (TPSA) is 66.9 Å². The lowest BCUT2D eigenvalue weighted by Gasteiger charge is -2.22. The lowest BCUT2D eigenvalue weighted by molar-refractivity contribution is 0.102. The minimum atomic E-state index is -0.195. The van der Waals surface area contributed by atoms with Crippen LogP contribution < -0.4 is 10.6 Å². The van der Waals surface area contributed by atoms with Crippen LogP contribution >= 0.6 is 0 Å².